The van der Waals surface area contributed by atoms with Crippen LogP contribution in [0.1, 0.15) is 19.8 Å². The molecule has 0 spiro atoms. The summed E-state index contributed by atoms with van der Waals surface area (Å²) in [6.45, 7) is 2.52. The fourth-order valence-electron chi connectivity index (χ4n) is 2.52. The van der Waals surface area contributed by atoms with Crippen LogP contribution in [-0.2, 0) is 9.53 Å². The summed E-state index contributed by atoms with van der Waals surface area (Å²) in [6.07, 6.45) is 1.72. The van der Waals surface area contributed by atoms with Crippen molar-refractivity contribution in [3.05, 3.63) is 40.9 Å². The number of rotatable bonds is 2. The lowest BCUT2D eigenvalue weighted by Crippen LogP contribution is -2.39. The molecule has 0 radical (unpaired) electrons. The van der Waals surface area contributed by atoms with Crippen molar-refractivity contribution in [2.45, 2.75) is 25.4 Å². The summed E-state index contributed by atoms with van der Waals surface area (Å²) in [7, 11) is 0. The number of halogens is 1. The van der Waals surface area contributed by atoms with E-state index in [1.165, 1.54) is 0 Å². The number of fused-ring (bicyclic) bond motifs is 1. The van der Waals surface area contributed by atoms with Gasteiger partial charge in [0.15, 0.2) is 0 Å². The largest absolute Gasteiger partial charge is 0.365 e. The SMILES string of the molecule is CC1(C(=O)Nc2ccc3cc(Br)ccc3c2)CCCO1. The molecule has 1 fully saturated rings. The number of benzene rings is 2. The van der Waals surface area contributed by atoms with E-state index < -0.39 is 5.60 Å². The Morgan fingerprint density at radius 2 is 2.00 bits per heavy atom. The summed E-state index contributed by atoms with van der Waals surface area (Å²) in [5, 5.41) is 5.20. The molecule has 104 valence electrons. The van der Waals surface area contributed by atoms with Crippen LogP contribution in [0.3, 0.4) is 0 Å². The summed E-state index contributed by atoms with van der Waals surface area (Å²) in [5.41, 5.74) is 0.121. The van der Waals surface area contributed by atoms with Crippen molar-refractivity contribution in [2.75, 3.05) is 11.9 Å². The maximum atomic E-state index is 12.3. The van der Waals surface area contributed by atoms with Gasteiger partial charge in [-0.1, -0.05) is 28.1 Å². The number of carbonyl (C=O) groups is 1. The maximum Gasteiger partial charge on any atom is 0.256 e. The zero-order valence-electron chi connectivity index (χ0n) is 11.3. The smallest absolute Gasteiger partial charge is 0.256 e. The summed E-state index contributed by atoms with van der Waals surface area (Å²) < 4.78 is 6.61. The summed E-state index contributed by atoms with van der Waals surface area (Å²) in [6, 6.07) is 12.0. The van der Waals surface area contributed by atoms with E-state index in [0.717, 1.165) is 33.8 Å². The van der Waals surface area contributed by atoms with E-state index in [9.17, 15) is 4.79 Å². The van der Waals surface area contributed by atoms with Crippen LogP contribution in [0, 0.1) is 0 Å². The van der Waals surface area contributed by atoms with Gasteiger partial charge in [0.05, 0.1) is 0 Å². The standard InChI is InChI=1S/C16H16BrNO2/c1-16(7-2-8-20-16)15(19)18-14-6-4-11-9-13(17)5-3-12(11)10-14/h3-6,9-10H,2,7-8H2,1H3,(H,18,19). The molecule has 3 nitrogen and oxygen atoms in total. The molecular weight excluding hydrogens is 318 g/mol. The van der Waals surface area contributed by atoms with Crippen LogP contribution >= 0.6 is 15.9 Å². The van der Waals surface area contributed by atoms with Crippen molar-refractivity contribution in [1.29, 1.82) is 0 Å². The van der Waals surface area contributed by atoms with Gasteiger partial charge >= 0.3 is 0 Å². The molecule has 2 aromatic rings. The van der Waals surface area contributed by atoms with Crippen molar-refractivity contribution in [3.63, 3.8) is 0 Å². The predicted molar refractivity (Wildman–Crippen MR) is 83.9 cm³/mol. The Labute approximate surface area is 126 Å². The zero-order valence-corrected chi connectivity index (χ0v) is 12.9. The van der Waals surface area contributed by atoms with Gasteiger partial charge in [0.1, 0.15) is 5.60 Å². The minimum atomic E-state index is -0.686. The minimum Gasteiger partial charge on any atom is -0.365 e. The fraction of sp³-hybridized carbons (Fsp3) is 0.312. The lowest BCUT2D eigenvalue weighted by atomic mass is 10.0. The fourth-order valence-corrected chi connectivity index (χ4v) is 2.89. The van der Waals surface area contributed by atoms with E-state index in [4.69, 9.17) is 4.74 Å². The third kappa shape index (κ3) is 2.58. The Hall–Kier alpha value is -1.39. The number of carbonyl (C=O) groups excluding carboxylic acids is 1. The van der Waals surface area contributed by atoms with Crippen LogP contribution in [0.5, 0.6) is 0 Å². The Kier molecular flexibility index (Phi) is 3.52. The molecule has 20 heavy (non-hydrogen) atoms. The van der Waals surface area contributed by atoms with Crippen molar-refractivity contribution in [3.8, 4) is 0 Å². The van der Waals surface area contributed by atoms with Crippen LogP contribution in [0.25, 0.3) is 10.8 Å². The quantitative estimate of drug-likeness (QED) is 0.898. The predicted octanol–water partition coefficient (Wildman–Crippen LogP) is 4.11. The van der Waals surface area contributed by atoms with E-state index in [-0.39, 0.29) is 5.91 Å². The summed E-state index contributed by atoms with van der Waals surface area (Å²) in [4.78, 5) is 12.3. The molecule has 1 aliphatic heterocycles. The molecule has 1 unspecified atom stereocenters. The van der Waals surface area contributed by atoms with Gasteiger partial charge in [-0.25, -0.2) is 0 Å². The Bertz CT molecular complexity index is 663. The van der Waals surface area contributed by atoms with Crippen LogP contribution in [0.2, 0.25) is 0 Å². The van der Waals surface area contributed by atoms with Crippen LogP contribution in [-0.4, -0.2) is 18.1 Å². The third-order valence-corrected chi connectivity index (χ3v) is 4.25. The first-order chi connectivity index (χ1) is 9.57. The normalized spacial score (nSPS) is 22.1. The molecule has 1 atom stereocenters. The average molecular weight is 334 g/mol. The zero-order chi connectivity index (χ0) is 14.2. The first-order valence-corrected chi connectivity index (χ1v) is 7.51. The topological polar surface area (TPSA) is 38.3 Å². The molecule has 3 rings (SSSR count). The van der Waals surface area contributed by atoms with E-state index in [1.54, 1.807) is 0 Å². The van der Waals surface area contributed by atoms with E-state index in [0.29, 0.717) is 6.61 Å². The monoisotopic (exact) mass is 333 g/mol. The molecule has 1 aliphatic rings. The second kappa shape index (κ2) is 5.19. The summed E-state index contributed by atoms with van der Waals surface area (Å²) >= 11 is 3.46. The van der Waals surface area contributed by atoms with Crippen LogP contribution < -0.4 is 5.32 Å². The first-order valence-electron chi connectivity index (χ1n) is 6.72. The molecule has 1 saturated heterocycles. The van der Waals surface area contributed by atoms with Crippen molar-refractivity contribution in [1.82, 2.24) is 0 Å². The first kappa shape index (κ1) is 13.6. The highest BCUT2D eigenvalue weighted by atomic mass is 79.9. The van der Waals surface area contributed by atoms with Gasteiger partial charge in [-0.05, 0) is 54.8 Å². The average Bonchev–Trinajstić information content (AvgIpc) is 2.87. The molecular formula is C16H16BrNO2. The van der Waals surface area contributed by atoms with Crippen molar-refractivity contribution < 1.29 is 9.53 Å². The number of hydrogen-bond donors (Lipinski definition) is 1. The second-order valence-electron chi connectivity index (χ2n) is 5.34. The number of nitrogens with one attached hydrogen (secondary N) is 1. The Balaban J connectivity index is 1.84. The van der Waals surface area contributed by atoms with Gasteiger partial charge < -0.3 is 10.1 Å². The highest BCUT2D eigenvalue weighted by Crippen LogP contribution is 2.28. The number of amides is 1. The van der Waals surface area contributed by atoms with E-state index >= 15 is 0 Å². The molecule has 4 heteroatoms. The Morgan fingerprint density at radius 1 is 1.25 bits per heavy atom. The maximum absolute atomic E-state index is 12.3. The van der Waals surface area contributed by atoms with E-state index in [1.807, 2.05) is 37.3 Å². The molecule has 0 saturated carbocycles. The second-order valence-corrected chi connectivity index (χ2v) is 6.26. The Morgan fingerprint density at radius 3 is 2.75 bits per heavy atom. The van der Waals surface area contributed by atoms with E-state index in [2.05, 4.69) is 27.3 Å². The highest BCUT2D eigenvalue weighted by Gasteiger charge is 2.37. The van der Waals surface area contributed by atoms with Crippen LogP contribution in [0.4, 0.5) is 5.69 Å². The van der Waals surface area contributed by atoms with Gasteiger partial charge in [-0.3, -0.25) is 4.79 Å². The van der Waals surface area contributed by atoms with Gasteiger partial charge in [0.25, 0.3) is 5.91 Å². The minimum absolute atomic E-state index is 0.0635. The molecule has 1 amide bonds. The van der Waals surface area contributed by atoms with Gasteiger partial charge in [0.2, 0.25) is 0 Å². The van der Waals surface area contributed by atoms with Crippen LogP contribution in [0.15, 0.2) is 40.9 Å². The lowest BCUT2D eigenvalue weighted by Gasteiger charge is -2.22. The molecule has 1 heterocycles. The number of ether oxygens (including phenoxy) is 1. The molecule has 0 bridgehead atoms. The van der Waals surface area contributed by atoms with Crippen molar-refractivity contribution >= 4 is 38.3 Å². The molecule has 0 aliphatic carbocycles. The van der Waals surface area contributed by atoms with Gasteiger partial charge in [-0.2, -0.15) is 0 Å². The molecule has 1 N–H and O–H groups in total. The number of anilines is 1. The van der Waals surface area contributed by atoms with Gasteiger partial charge in [0, 0.05) is 16.8 Å². The highest BCUT2D eigenvalue weighted by molar-refractivity contribution is 9.10. The third-order valence-electron chi connectivity index (χ3n) is 3.76. The molecule has 2 aromatic carbocycles. The lowest BCUT2D eigenvalue weighted by molar-refractivity contribution is -0.133. The van der Waals surface area contributed by atoms with Crippen molar-refractivity contribution in [2.24, 2.45) is 0 Å². The summed E-state index contributed by atoms with van der Waals surface area (Å²) in [5.74, 6) is -0.0635. The molecule has 0 aromatic heterocycles. The number of hydrogen-bond acceptors (Lipinski definition) is 2. The van der Waals surface area contributed by atoms with Gasteiger partial charge in [-0.15, -0.1) is 0 Å².